The van der Waals surface area contributed by atoms with Crippen LogP contribution in [0.5, 0.6) is 0 Å². The Morgan fingerprint density at radius 3 is 1.92 bits per heavy atom. The van der Waals surface area contributed by atoms with E-state index in [9.17, 15) is 0 Å². The fraction of sp³-hybridized carbons (Fsp3) is 0.333. The first-order valence-corrected chi connectivity index (χ1v) is 4.24. The van der Waals surface area contributed by atoms with Crippen molar-refractivity contribution >= 4 is 0 Å². The van der Waals surface area contributed by atoms with E-state index in [-0.39, 0.29) is 0 Å². The summed E-state index contributed by atoms with van der Waals surface area (Å²) in [6.07, 6.45) is 8.15. The standard InChI is InChI=1S/C12H14/c1-3-6-11-8-5-9-12(10-11)7-4-2/h5,8-10H,6-7H2,1-2H3. The molecular weight excluding hydrogens is 144 g/mol. The lowest BCUT2D eigenvalue weighted by Gasteiger charge is -2.01. The van der Waals surface area contributed by atoms with Crippen LogP contribution < -0.4 is 0 Å². The Labute approximate surface area is 75.6 Å². The van der Waals surface area contributed by atoms with E-state index in [4.69, 9.17) is 0 Å². The maximum absolute atomic E-state index is 3.13. The summed E-state index contributed by atoms with van der Waals surface area (Å²) in [5.41, 5.74) is 2.68. The van der Waals surface area contributed by atoms with Crippen LogP contribution in [0.2, 0.25) is 0 Å². The Hall–Kier alpha value is -0.780. The molecule has 62 valence electrons. The van der Waals surface area contributed by atoms with Crippen LogP contribution in [0.25, 0.3) is 0 Å². The molecule has 0 nitrogen and oxygen atoms in total. The summed E-state index contributed by atoms with van der Waals surface area (Å²) in [5, 5.41) is 0. The van der Waals surface area contributed by atoms with E-state index in [2.05, 4.69) is 37.1 Å². The topological polar surface area (TPSA) is 0 Å². The van der Waals surface area contributed by atoms with Crippen LogP contribution in [0.4, 0.5) is 0 Å². The monoisotopic (exact) mass is 158 g/mol. The Balaban J connectivity index is 2.67. The van der Waals surface area contributed by atoms with Crippen molar-refractivity contribution in [2.45, 2.75) is 26.7 Å². The van der Waals surface area contributed by atoms with Crippen LogP contribution in [0.1, 0.15) is 25.0 Å². The highest BCUT2D eigenvalue weighted by Gasteiger charge is 1.94. The van der Waals surface area contributed by atoms with E-state index >= 15 is 0 Å². The van der Waals surface area contributed by atoms with Gasteiger partial charge in [0, 0.05) is 0 Å². The van der Waals surface area contributed by atoms with Crippen molar-refractivity contribution in [2.75, 3.05) is 0 Å². The van der Waals surface area contributed by atoms with Crippen LogP contribution in [-0.2, 0) is 12.8 Å². The molecule has 0 aromatic heterocycles. The van der Waals surface area contributed by atoms with Crippen molar-refractivity contribution in [3.05, 3.63) is 48.2 Å². The van der Waals surface area contributed by atoms with Crippen molar-refractivity contribution in [1.82, 2.24) is 0 Å². The molecule has 4 radical (unpaired) electrons. The molecule has 0 spiro atoms. The fourth-order valence-electron chi connectivity index (χ4n) is 1.26. The molecule has 12 heavy (non-hydrogen) atoms. The zero-order valence-corrected chi connectivity index (χ0v) is 7.72. The third-order valence-corrected chi connectivity index (χ3v) is 1.75. The van der Waals surface area contributed by atoms with Gasteiger partial charge in [-0.1, -0.05) is 38.1 Å². The van der Waals surface area contributed by atoms with E-state index in [0.717, 1.165) is 12.8 Å². The normalized spacial score (nSPS) is 10.2. The highest BCUT2D eigenvalue weighted by Crippen LogP contribution is 2.08. The van der Waals surface area contributed by atoms with Crippen LogP contribution in [-0.4, -0.2) is 0 Å². The van der Waals surface area contributed by atoms with Crippen molar-refractivity contribution in [1.29, 1.82) is 0 Å². The van der Waals surface area contributed by atoms with Gasteiger partial charge in [0.15, 0.2) is 0 Å². The SMILES string of the molecule is C[C]Cc1cccc(C[C]C)c1. The number of benzene rings is 1. The van der Waals surface area contributed by atoms with Gasteiger partial charge >= 0.3 is 0 Å². The van der Waals surface area contributed by atoms with Crippen LogP contribution >= 0.6 is 0 Å². The first-order chi connectivity index (χ1) is 5.86. The molecule has 1 aromatic carbocycles. The molecule has 0 fully saturated rings. The lowest BCUT2D eigenvalue weighted by Crippen LogP contribution is -1.88. The van der Waals surface area contributed by atoms with Crippen molar-refractivity contribution in [3.8, 4) is 0 Å². The second-order valence-electron chi connectivity index (χ2n) is 2.88. The highest BCUT2D eigenvalue weighted by atomic mass is 14.0. The maximum atomic E-state index is 3.13. The number of rotatable bonds is 4. The molecule has 0 aliphatic carbocycles. The lowest BCUT2D eigenvalue weighted by molar-refractivity contribution is 1.09. The minimum absolute atomic E-state index is 0.942. The molecule has 0 heteroatoms. The van der Waals surface area contributed by atoms with Gasteiger partial charge in [0.2, 0.25) is 0 Å². The number of hydrogen-bond acceptors (Lipinski definition) is 0. The first-order valence-electron chi connectivity index (χ1n) is 4.24. The van der Waals surface area contributed by atoms with E-state index < -0.39 is 0 Å². The lowest BCUT2D eigenvalue weighted by atomic mass is 10.0. The van der Waals surface area contributed by atoms with Crippen molar-refractivity contribution in [3.63, 3.8) is 0 Å². The molecule has 0 N–H and O–H groups in total. The van der Waals surface area contributed by atoms with Crippen molar-refractivity contribution in [2.24, 2.45) is 0 Å². The summed E-state index contributed by atoms with van der Waals surface area (Å²) in [6, 6.07) is 8.58. The average molecular weight is 158 g/mol. The molecule has 0 unspecified atom stereocenters. The molecule has 0 aliphatic rings. The molecule has 0 heterocycles. The molecule has 0 amide bonds. The van der Waals surface area contributed by atoms with Gasteiger partial charge in [-0.3, -0.25) is 0 Å². The fourth-order valence-corrected chi connectivity index (χ4v) is 1.26. The smallest absolute Gasteiger partial charge is 0.0160 e. The molecule has 0 saturated carbocycles. The molecular formula is C12H14. The summed E-state index contributed by atoms with van der Waals surface area (Å²) in [4.78, 5) is 0. The first kappa shape index (κ1) is 9.31. The Bertz CT molecular complexity index is 204. The van der Waals surface area contributed by atoms with Gasteiger partial charge in [0.05, 0.1) is 0 Å². The van der Waals surface area contributed by atoms with E-state index in [0.29, 0.717) is 0 Å². The average Bonchev–Trinajstić information content (AvgIpc) is 2.06. The summed E-state index contributed by atoms with van der Waals surface area (Å²) in [6.45, 7) is 3.93. The van der Waals surface area contributed by atoms with Gasteiger partial charge in [-0.25, -0.2) is 0 Å². The molecule has 1 rings (SSSR count). The maximum Gasteiger partial charge on any atom is -0.0160 e. The van der Waals surface area contributed by atoms with Crippen LogP contribution in [0, 0.1) is 12.8 Å². The zero-order valence-electron chi connectivity index (χ0n) is 7.72. The molecule has 0 atom stereocenters. The van der Waals surface area contributed by atoms with Crippen LogP contribution in [0.15, 0.2) is 24.3 Å². The summed E-state index contributed by atoms with van der Waals surface area (Å²) >= 11 is 0. The van der Waals surface area contributed by atoms with Crippen molar-refractivity contribution < 1.29 is 0 Å². The minimum atomic E-state index is 0.942. The Kier molecular flexibility index (Phi) is 3.86. The summed E-state index contributed by atoms with van der Waals surface area (Å²) in [5.74, 6) is 0. The van der Waals surface area contributed by atoms with Gasteiger partial charge in [-0.15, -0.1) is 0 Å². The summed E-state index contributed by atoms with van der Waals surface area (Å²) < 4.78 is 0. The largest absolute Gasteiger partial charge is 0.0617 e. The van der Waals surface area contributed by atoms with E-state index in [1.54, 1.807) is 0 Å². The van der Waals surface area contributed by atoms with Gasteiger partial charge in [-0.05, 0) is 36.8 Å². The predicted octanol–water partition coefficient (Wildman–Crippen LogP) is 2.97. The molecule has 0 aliphatic heterocycles. The van der Waals surface area contributed by atoms with E-state index in [1.165, 1.54) is 11.1 Å². The minimum Gasteiger partial charge on any atom is -0.0617 e. The molecule has 0 saturated heterocycles. The second kappa shape index (κ2) is 4.97. The molecule has 0 bridgehead atoms. The van der Waals surface area contributed by atoms with Gasteiger partial charge in [0.25, 0.3) is 0 Å². The zero-order chi connectivity index (χ0) is 8.81. The van der Waals surface area contributed by atoms with Gasteiger partial charge < -0.3 is 0 Å². The summed E-state index contributed by atoms with van der Waals surface area (Å²) in [7, 11) is 0. The number of hydrogen-bond donors (Lipinski definition) is 0. The highest BCUT2D eigenvalue weighted by molar-refractivity contribution is 5.25. The second-order valence-corrected chi connectivity index (χ2v) is 2.88. The van der Waals surface area contributed by atoms with Gasteiger partial charge in [-0.2, -0.15) is 0 Å². The van der Waals surface area contributed by atoms with E-state index in [1.807, 2.05) is 13.8 Å². The Morgan fingerprint density at radius 2 is 1.50 bits per heavy atom. The third-order valence-electron chi connectivity index (χ3n) is 1.75. The third kappa shape index (κ3) is 2.69. The predicted molar refractivity (Wildman–Crippen MR) is 51.7 cm³/mol. The quantitative estimate of drug-likeness (QED) is 0.632. The molecule has 1 aromatic rings. The van der Waals surface area contributed by atoms with Gasteiger partial charge in [0.1, 0.15) is 0 Å². The Morgan fingerprint density at radius 1 is 1.00 bits per heavy atom. The van der Waals surface area contributed by atoms with Crippen LogP contribution in [0.3, 0.4) is 0 Å².